The zero-order valence-electron chi connectivity index (χ0n) is 15.8. The Balaban J connectivity index is 1.81. The van der Waals surface area contributed by atoms with Gasteiger partial charge in [-0.25, -0.2) is 12.8 Å². The summed E-state index contributed by atoms with van der Waals surface area (Å²) in [6.45, 7) is 1.68. The molecule has 29 heavy (non-hydrogen) atoms. The van der Waals surface area contributed by atoms with E-state index in [-0.39, 0.29) is 22.2 Å². The van der Waals surface area contributed by atoms with E-state index in [1.165, 1.54) is 31.2 Å². The first-order valence-corrected chi connectivity index (χ1v) is 10.6. The van der Waals surface area contributed by atoms with Gasteiger partial charge in [0.1, 0.15) is 5.82 Å². The maximum atomic E-state index is 13.4. The Morgan fingerprint density at radius 2 is 1.79 bits per heavy atom. The van der Waals surface area contributed by atoms with E-state index < -0.39 is 9.84 Å². The molecule has 3 rings (SSSR count). The average Bonchev–Trinajstić information content (AvgIpc) is 2.66. The highest BCUT2D eigenvalue weighted by Gasteiger charge is 2.12. The van der Waals surface area contributed by atoms with Crippen LogP contribution in [0.4, 0.5) is 21.6 Å². The molecule has 9 heteroatoms. The van der Waals surface area contributed by atoms with Gasteiger partial charge in [-0.1, -0.05) is 12.1 Å². The normalized spacial score (nSPS) is 11.1. The number of nitrogens with one attached hydrogen (secondary N) is 2. The molecular formula is C20H19FN4O3S. The third-order valence-electron chi connectivity index (χ3n) is 4.05. The molecule has 1 heterocycles. The van der Waals surface area contributed by atoms with Crippen LogP contribution in [0.1, 0.15) is 23.0 Å². The first-order chi connectivity index (χ1) is 13.7. The minimum absolute atomic E-state index is 0.166. The quantitative estimate of drug-likeness (QED) is 0.570. The van der Waals surface area contributed by atoms with Crippen molar-refractivity contribution < 1.29 is 17.6 Å². The first-order valence-electron chi connectivity index (χ1n) is 8.66. The molecule has 0 spiro atoms. The Labute approximate surface area is 167 Å². The van der Waals surface area contributed by atoms with E-state index in [2.05, 4.69) is 20.8 Å². The van der Waals surface area contributed by atoms with E-state index in [1.54, 1.807) is 30.3 Å². The summed E-state index contributed by atoms with van der Waals surface area (Å²) in [4.78, 5) is 12.1. The number of hydrogen-bond acceptors (Lipinski definition) is 7. The molecule has 3 aromatic rings. The summed E-state index contributed by atoms with van der Waals surface area (Å²) in [6.07, 6.45) is 1.14. The minimum atomic E-state index is -3.28. The van der Waals surface area contributed by atoms with Crippen molar-refractivity contribution in [3.63, 3.8) is 0 Å². The molecule has 2 aromatic carbocycles. The molecule has 0 fully saturated rings. The average molecular weight is 414 g/mol. The van der Waals surface area contributed by atoms with Crippen LogP contribution >= 0.6 is 0 Å². The number of rotatable bonds is 7. The SMILES string of the molecule is CC(=O)c1nnc(Nc2ccc(S(C)(=O)=O)cc2)cc1NCc1cccc(F)c1. The van der Waals surface area contributed by atoms with Crippen molar-refractivity contribution in [2.24, 2.45) is 0 Å². The van der Waals surface area contributed by atoms with Crippen molar-refractivity contribution >= 4 is 32.8 Å². The number of nitrogens with zero attached hydrogens (tertiary/aromatic N) is 2. The van der Waals surface area contributed by atoms with Crippen molar-refractivity contribution in [1.82, 2.24) is 10.2 Å². The van der Waals surface area contributed by atoms with E-state index in [1.807, 2.05) is 0 Å². The third-order valence-corrected chi connectivity index (χ3v) is 5.18. The number of sulfone groups is 1. The van der Waals surface area contributed by atoms with Crippen LogP contribution in [-0.2, 0) is 16.4 Å². The van der Waals surface area contributed by atoms with Crippen molar-refractivity contribution in [3.8, 4) is 0 Å². The number of hydrogen-bond donors (Lipinski definition) is 2. The lowest BCUT2D eigenvalue weighted by atomic mass is 10.2. The summed E-state index contributed by atoms with van der Waals surface area (Å²) < 4.78 is 36.5. The van der Waals surface area contributed by atoms with Gasteiger partial charge in [0.15, 0.2) is 27.1 Å². The van der Waals surface area contributed by atoms with Gasteiger partial charge in [0.05, 0.1) is 10.6 Å². The van der Waals surface area contributed by atoms with Crippen LogP contribution in [-0.4, -0.2) is 30.7 Å². The van der Waals surface area contributed by atoms with Crippen molar-refractivity contribution in [1.29, 1.82) is 0 Å². The van der Waals surface area contributed by atoms with Crippen molar-refractivity contribution in [2.75, 3.05) is 16.9 Å². The lowest BCUT2D eigenvalue weighted by molar-refractivity contribution is 0.101. The monoisotopic (exact) mass is 414 g/mol. The zero-order chi connectivity index (χ0) is 21.0. The van der Waals surface area contributed by atoms with Crippen LogP contribution in [0, 0.1) is 5.82 Å². The van der Waals surface area contributed by atoms with E-state index in [9.17, 15) is 17.6 Å². The van der Waals surface area contributed by atoms with E-state index in [0.717, 1.165) is 6.26 Å². The molecule has 0 aliphatic heterocycles. The summed E-state index contributed by atoms with van der Waals surface area (Å²) >= 11 is 0. The number of Topliss-reactive ketones (excluding diaryl/α,β-unsaturated/α-hetero) is 1. The fourth-order valence-electron chi connectivity index (χ4n) is 2.63. The molecule has 0 aliphatic rings. The van der Waals surface area contributed by atoms with Crippen LogP contribution in [0.3, 0.4) is 0 Å². The molecule has 0 bridgehead atoms. The van der Waals surface area contributed by atoms with Crippen LogP contribution < -0.4 is 10.6 Å². The Morgan fingerprint density at radius 3 is 2.41 bits per heavy atom. The number of halogens is 1. The predicted octanol–water partition coefficient (Wildman–Crippen LogP) is 3.58. The second kappa shape index (κ2) is 8.36. The summed E-state index contributed by atoms with van der Waals surface area (Å²) in [5.74, 6) is -0.240. The highest BCUT2D eigenvalue weighted by molar-refractivity contribution is 7.90. The van der Waals surface area contributed by atoms with Crippen molar-refractivity contribution in [3.05, 3.63) is 71.7 Å². The predicted molar refractivity (Wildman–Crippen MR) is 109 cm³/mol. The molecule has 0 amide bonds. The number of anilines is 3. The molecule has 0 radical (unpaired) electrons. The highest BCUT2D eigenvalue weighted by atomic mass is 32.2. The summed E-state index contributed by atoms with van der Waals surface area (Å²) in [7, 11) is -3.28. The van der Waals surface area contributed by atoms with E-state index >= 15 is 0 Å². The van der Waals surface area contributed by atoms with Gasteiger partial charge in [-0.15, -0.1) is 10.2 Å². The first kappa shape index (κ1) is 20.4. The van der Waals surface area contributed by atoms with Gasteiger partial charge in [0.2, 0.25) is 0 Å². The van der Waals surface area contributed by atoms with Gasteiger partial charge >= 0.3 is 0 Å². The number of aromatic nitrogens is 2. The Bertz CT molecular complexity index is 1150. The standard InChI is InChI=1S/C20H19FN4O3S/c1-13(26)20-18(22-12-14-4-3-5-15(21)10-14)11-19(24-25-20)23-16-6-8-17(9-7-16)29(2,27)28/h3-11H,12H2,1-2H3,(H2,22,23,24). The van der Waals surface area contributed by atoms with Gasteiger partial charge in [-0.05, 0) is 42.0 Å². The maximum absolute atomic E-state index is 13.4. The second-order valence-corrected chi connectivity index (χ2v) is 8.47. The summed E-state index contributed by atoms with van der Waals surface area (Å²) in [6, 6.07) is 13.9. The molecule has 0 aliphatic carbocycles. The maximum Gasteiger partial charge on any atom is 0.182 e. The molecular weight excluding hydrogens is 395 g/mol. The van der Waals surface area contributed by atoms with E-state index in [0.29, 0.717) is 29.3 Å². The number of carbonyl (C=O) groups is 1. The zero-order valence-corrected chi connectivity index (χ0v) is 16.6. The molecule has 1 aromatic heterocycles. The lowest BCUT2D eigenvalue weighted by Crippen LogP contribution is -2.10. The smallest absolute Gasteiger partial charge is 0.182 e. The van der Waals surface area contributed by atoms with Crippen LogP contribution in [0.15, 0.2) is 59.5 Å². The molecule has 0 saturated heterocycles. The second-order valence-electron chi connectivity index (χ2n) is 6.45. The van der Waals surface area contributed by atoms with Crippen LogP contribution in [0.25, 0.3) is 0 Å². The highest BCUT2D eigenvalue weighted by Crippen LogP contribution is 2.22. The summed E-state index contributed by atoms with van der Waals surface area (Å²) in [5.41, 5.74) is 1.94. The Hall–Kier alpha value is -3.33. The Kier molecular flexibility index (Phi) is 5.88. The fourth-order valence-corrected chi connectivity index (χ4v) is 3.26. The third kappa shape index (κ3) is 5.35. The van der Waals surface area contributed by atoms with Gasteiger partial charge in [-0.3, -0.25) is 4.79 Å². The van der Waals surface area contributed by atoms with Gasteiger partial charge < -0.3 is 10.6 Å². The minimum Gasteiger partial charge on any atom is -0.379 e. The Morgan fingerprint density at radius 1 is 1.07 bits per heavy atom. The van der Waals surface area contributed by atoms with Crippen LogP contribution in [0.5, 0.6) is 0 Å². The number of carbonyl (C=O) groups excluding carboxylic acids is 1. The van der Waals surface area contributed by atoms with E-state index in [4.69, 9.17) is 0 Å². The molecule has 0 atom stereocenters. The molecule has 150 valence electrons. The van der Waals surface area contributed by atoms with Gasteiger partial charge in [-0.2, -0.15) is 0 Å². The molecule has 0 saturated carbocycles. The van der Waals surface area contributed by atoms with Gasteiger partial charge in [0.25, 0.3) is 0 Å². The number of benzene rings is 2. The topological polar surface area (TPSA) is 101 Å². The lowest BCUT2D eigenvalue weighted by Gasteiger charge is -2.12. The van der Waals surface area contributed by atoms with Gasteiger partial charge in [0, 0.05) is 31.5 Å². The molecule has 0 unspecified atom stereocenters. The summed E-state index contributed by atoms with van der Waals surface area (Å²) in [5, 5.41) is 14.1. The fraction of sp³-hybridized carbons (Fsp3) is 0.150. The molecule has 7 nitrogen and oxygen atoms in total. The van der Waals surface area contributed by atoms with Crippen molar-refractivity contribution in [2.45, 2.75) is 18.4 Å². The number of ketones is 1. The molecule has 2 N–H and O–H groups in total. The van der Waals surface area contributed by atoms with Crippen LogP contribution in [0.2, 0.25) is 0 Å². The largest absolute Gasteiger partial charge is 0.379 e.